The molecule has 3 heterocycles. The topological polar surface area (TPSA) is 26.3 Å². The highest BCUT2D eigenvalue weighted by Crippen LogP contribution is 2.33. The minimum atomic E-state index is 0.112. The summed E-state index contributed by atoms with van der Waals surface area (Å²) in [5, 5.41) is 2.06. The number of hydrogen-bond acceptors (Lipinski definition) is 4. The van der Waals surface area contributed by atoms with E-state index in [1.54, 1.807) is 22.7 Å². The number of fused-ring (bicyclic) bond motifs is 2. The molecule has 0 spiro atoms. The van der Waals surface area contributed by atoms with Gasteiger partial charge in [0.25, 0.3) is 0 Å². The van der Waals surface area contributed by atoms with Crippen LogP contribution >= 0.6 is 22.7 Å². The molecule has 1 atom stereocenters. The molecule has 4 heteroatoms. The molecule has 1 aromatic carbocycles. The zero-order chi connectivity index (χ0) is 13.7. The van der Waals surface area contributed by atoms with E-state index in [9.17, 15) is 4.79 Å². The van der Waals surface area contributed by atoms with Crippen LogP contribution in [-0.2, 0) is 6.42 Å². The quantitative estimate of drug-likeness (QED) is 0.651. The monoisotopic (exact) mass is 300 g/mol. The molecule has 1 unspecified atom stereocenters. The zero-order valence-corrected chi connectivity index (χ0v) is 12.5. The average molecular weight is 300 g/mol. The van der Waals surface area contributed by atoms with Crippen molar-refractivity contribution >= 4 is 37.9 Å². The molecule has 2 aromatic heterocycles. The second-order valence-corrected chi connectivity index (χ2v) is 7.08. The predicted molar refractivity (Wildman–Crippen MR) is 83.4 cm³/mol. The van der Waals surface area contributed by atoms with Crippen molar-refractivity contribution in [3.63, 3.8) is 0 Å². The fourth-order valence-corrected chi connectivity index (χ4v) is 4.65. The Bertz CT molecular complexity index is 784. The number of rotatable bonds is 2. The number of hydrogen-bond donors (Lipinski definition) is 0. The van der Waals surface area contributed by atoms with Crippen molar-refractivity contribution in [2.45, 2.75) is 19.4 Å². The molecule has 3 aromatic rings. The van der Waals surface area contributed by atoms with Gasteiger partial charge in [-0.25, -0.2) is 0 Å². The van der Waals surface area contributed by atoms with Crippen LogP contribution < -0.4 is 4.74 Å². The molecule has 0 amide bonds. The summed E-state index contributed by atoms with van der Waals surface area (Å²) >= 11 is 3.25. The Labute approximate surface area is 124 Å². The SMILES string of the molecule is CC1Cc2cc(C(=O)c3cc4sccc4s3)ccc2O1. The molecule has 0 fully saturated rings. The van der Waals surface area contributed by atoms with Gasteiger partial charge in [0.1, 0.15) is 11.9 Å². The first kappa shape index (κ1) is 12.1. The number of ketones is 1. The minimum Gasteiger partial charge on any atom is -0.490 e. The Morgan fingerprint density at radius 2 is 2.15 bits per heavy atom. The fourth-order valence-electron chi connectivity index (χ4n) is 2.58. The maximum atomic E-state index is 12.6. The van der Waals surface area contributed by atoms with Gasteiger partial charge in [-0.05, 0) is 48.2 Å². The third-order valence-corrected chi connectivity index (χ3v) is 5.61. The van der Waals surface area contributed by atoms with Crippen molar-refractivity contribution < 1.29 is 9.53 Å². The molecule has 0 radical (unpaired) electrons. The van der Waals surface area contributed by atoms with Crippen molar-refractivity contribution in [2.24, 2.45) is 0 Å². The van der Waals surface area contributed by atoms with Crippen LogP contribution in [0.4, 0.5) is 0 Å². The lowest BCUT2D eigenvalue weighted by atomic mass is 10.0. The summed E-state index contributed by atoms with van der Waals surface area (Å²) in [6.45, 7) is 2.05. The lowest BCUT2D eigenvalue weighted by Crippen LogP contribution is -2.05. The van der Waals surface area contributed by atoms with Crippen molar-refractivity contribution in [3.8, 4) is 5.75 Å². The summed E-state index contributed by atoms with van der Waals surface area (Å²) in [7, 11) is 0. The molecule has 2 nitrogen and oxygen atoms in total. The van der Waals surface area contributed by atoms with Gasteiger partial charge in [0.05, 0.1) is 4.88 Å². The second-order valence-electron chi connectivity index (χ2n) is 5.04. The van der Waals surface area contributed by atoms with Crippen LogP contribution in [0.2, 0.25) is 0 Å². The zero-order valence-electron chi connectivity index (χ0n) is 10.9. The summed E-state index contributed by atoms with van der Waals surface area (Å²) in [4.78, 5) is 13.4. The molecule has 0 bridgehead atoms. The van der Waals surface area contributed by atoms with Crippen LogP contribution in [0.15, 0.2) is 35.7 Å². The van der Waals surface area contributed by atoms with E-state index in [1.807, 2.05) is 24.3 Å². The molecule has 4 rings (SSSR count). The lowest BCUT2D eigenvalue weighted by molar-refractivity contribution is 0.104. The lowest BCUT2D eigenvalue weighted by Gasteiger charge is -2.03. The Balaban J connectivity index is 1.72. The van der Waals surface area contributed by atoms with E-state index in [4.69, 9.17) is 4.74 Å². The Morgan fingerprint density at radius 1 is 1.25 bits per heavy atom. The van der Waals surface area contributed by atoms with E-state index in [0.717, 1.165) is 28.2 Å². The van der Waals surface area contributed by atoms with Crippen LogP contribution in [-0.4, -0.2) is 11.9 Å². The van der Waals surface area contributed by atoms with Gasteiger partial charge in [0.2, 0.25) is 5.78 Å². The van der Waals surface area contributed by atoms with E-state index in [0.29, 0.717) is 0 Å². The highest BCUT2D eigenvalue weighted by molar-refractivity contribution is 7.28. The second kappa shape index (κ2) is 4.43. The Morgan fingerprint density at radius 3 is 3.00 bits per heavy atom. The van der Waals surface area contributed by atoms with Crippen molar-refractivity contribution in [1.29, 1.82) is 0 Å². The molecule has 0 aliphatic carbocycles. The van der Waals surface area contributed by atoms with E-state index < -0.39 is 0 Å². The van der Waals surface area contributed by atoms with Gasteiger partial charge in [0, 0.05) is 21.4 Å². The highest BCUT2D eigenvalue weighted by atomic mass is 32.1. The van der Waals surface area contributed by atoms with Gasteiger partial charge in [-0.2, -0.15) is 0 Å². The van der Waals surface area contributed by atoms with E-state index in [-0.39, 0.29) is 11.9 Å². The van der Waals surface area contributed by atoms with Crippen LogP contribution in [0.1, 0.15) is 27.7 Å². The minimum absolute atomic E-state index is 0.112. The molecule has 1 aliphatic heterocycles. The molecule has 0 saturated carbocycles. The predicted octanol–water partition coefficient (Wildman–Crippen LogP) is 4.52. The average Bonchev–Trinajstić information content (AvgIpc) is 3.08. The summed E-state index contributed by atoms with van der Waals surface area (Å²) in [5.41, 5.74) is 1.90. The molecule has 20 heavy (non-hydrogen) atoms. The van der Waals surface area contributed by atoms with Crippen molar-refractivity contribution in [3.05, 3.63) is 51.7 Å². The van der Waals surface area contributed by atoms with Crippen LogP contribution in [0.3, 0.4) is 0 Å². The van der Waals surface area contributed by atoms with Gasteiger partial charge < -0.3 is 4.74 Å². The smallest absolute Gasteiger partial charge is 0.203 e. The van der Waals surface area contributed by atoms with Gasteiger partial charge >= 0.3 is 0 Å². The molecular formula is C16H12O2S2. The summed E-state index contributed by atoms with van der Waals surface area (Å²) in [6.07, 6.45) is 1.10. The maximum absolute atomic E-state index is 12.6. The summed E-state index contributed by atoms with van der Waals surface area (Å²) in [6, 6.07) is 9.84. The molecular weight excluding hydrogens is 288 g/mol. The largest absolute Gasteiger partial charge is 0.490 e. The number of thiophene rings is 2. The number of benzene rings is 1. The molecule has 0 saturated heterocycles. The fraction of sp³-hybridized carbons (Fsp3) is 0.188. The van der Waals surface area contributed by atoms with Crippen LogP contribution in [0.5, 0.6) is 5.75 Å². The maximum Gasteiger partial charge on any atom is 0.203 e. The first-order valence-corrected chi connectivity index (χ1v) is 8.21. The normalized spacial score (nSPS) is 17.1. The Kier molecular flexibility index (Phi) is 2.69. The first-order valence-electron chi connectivity index (χ1n) is 6.52. The van der Waals surface area contributed by atoms with Crippen molar-refractivity contribution in [1.82, 2.24) is 0 Å². The molecule has 0 N–H and O–H groups in total. The number of carbonyl (C=O) groups excluding carboxylic acids is 1. The third-order valence-electron chi connectivity index (χ3n) is 3.52. The van der Waals surface area contributed by atoms with E-state index in [1.165, 1.54) is 9.40 Å². The van der Waals surface area contributed by atoms with E-state index >= 15 is 0 Å². The Hall–Kier alpha value is -1.65. The van der Waals surface area contributed by atoms with E-state index in [2.05, 4.69) is 18.4 Å². The van der Waals surface area contributed by atoms with Crippen LogP contribution in [0.25, 0.3) is 9.40 Å². The van der Waals surface area contributed by atoms with Gasteiger partial charge in [-0.15, -0.1) is 22.7 Å². The van der Waals surface area contributed by atoms with Crippen molar-refractivity contribution in [2.75, 3.05) is 0 Å². The number of ether oxygens (including phenoxy) is 1. The van der Waals surface area contributed by atoms with Crippen LogP contribution in [0, 0.1) is 0 Å². The first-order chi connectivity index (χ1) is 9.70. The standard InChI is InChI=1S/C16H12O2S2/c1-9-6-11-7-10(2-3-12(11)18-9)16(17)15-8-14-13(20-15)4-5-19-14/h2-5,7-9H,6H2,1H3. The summed E-state index contributed by atoms with van der Waals surface area (Å²) < 4.78 is 8.06. The molecule has 100 valence electrons. The van der Waals surface area contributed by atoms with Gasteiger partial charge in [-0.1, -0.05) is 0 Å². The molecule has 1 aliphatic rings. The number of carbonyl (C=O) groups is 1. The highest BCUT2D eigenvalue weighted by Gasteiger charge is 2.21. The van der Waals surface area contributed by atoms with Gasteiger partial charge in [0.15, 0.2) is 0 Å². The summed E-state index contributed by atoms with van der Waals surface area (Å²) in [5.74, 6) is 1.03. The van der Waals surface area contributed by atoms with Gasteiger partial charge in [-0.3, -0.25) is 4.79 Å². The third kappa shape index (κ3) is 1.87.